The molecule has 0 spiro atoms. The van der Waals surface area contributed by atoms with Crippen LogP contribution in [0.4, 0.5) is 0 Å². The summed E-state index contributed by atoms with van der Waals surface area (Å²) in [6.07, 6.45) is 7.77. The molecule has 6 rings (SSSR count). The van der Waals surface area contributed by atoms with Gasteiger partial charge < -0.3 is 5.32 Å². The van der Waals surface area contributed by atoms with Gasteiger partial charge in [0.05, 0.1) is 12.1 Å². The van der Waals surface area contributed by atoms with Gasteiger partial charge in [0.25, 0.3) is 0 Å². The van der Waals surface area contributed by atoms with E-state index in [1.807, 2.05) is 19.1 Å². The second-order valence-corrected chi connectivity index (χ2v) is 9.83. The maximum absolute atomic E-state index is 13.3. The molecule has 0 radical (unpaired) electrons. The molecule has 29 heavy (non-hydrogen) atoms. The van der Waals surface area contributed by atoms with Crippen molar-refractivity contribution in [2.45, 2.75) is 63.1 Å². The average Bonchev–Trinajstić information content (AvgIpc) is 2.71. The van der Waals surface area contributed by atoms with Gasteiger partial charge in [-0.3, -0.25) is 10.1 Å². The summed E-state index contributed by atoms with van der Waals surface area (Å²) < 4.78 is 0. The highest BCUT2D eigenvalue weighted by atomic mass is 16.2. The molecule has 4 fully saturated rings. The molecular weight excluding hydrogens is 356 g/mol. The molecule has 0 aliphatic heterocycles. The number of carbonyl (C=O) groups excluding carboxylic acids is 1. The number of rotatable bonds is 6. The fraction of sp³-hybridized carbons (Fsp3) is 0.500. The zero-order valence-electron chi connectivity index (χ0n) is 17.3. The van der Waals surface area contributed by atoms with E-state index in [9.17, 15) is 4.79 Å². The predicted octanol–water partition coefficient (Wildman–Crippen LogP) is 4.84. The highest BCUT2D eigenvalue weighted by molar-refractivity contribution is 5.82. The number of benzene rings is 2. The van der Waals surface area contributed by atoms with E-state index in [0.717, 1.165) is 17.8 Å². The van der Waals surface area contributed by atoms with Crippen LogP contribution in [0.25, 0.3) is 0 Å². The van der Waals surface area contributed by atoms with Gasteiger partial charge >= 0.3 is 0 Å². The molecule has 4 saturated carbocycles. The molecule has 152 valence electrons. The van der Waals surface area contributed by atoms with E-state index in [1.54, 1.807) is 0 Å². The minimum absolute atomic E-state index is 0.00881. The van der Waals surface area contributed by atoms with E-state index in [-0.39, 0.29) is 23.5 Å². The fourth-order valence-electron chi connectivity index (χ4n) is 6.63. The molecule has 0 aromatic heterocycles. The van der Waals surface area contributed by atoms with Crippen LogP contribution in [-0.2, 0) is 4.79 Å². The third kappa shape index (κ3) is 3.85. The summed E-state index contributed by atoms with van der Waals surface area (Å²) in [7, 11) is 0. The Bertz CT molecular complexity index is 773. The zero-order chi connectivity index (χ0) is 19.8. The van der Waals surface area contributed by atoms with Crippen LogP contribution >= 0.6 is 0 Å². The first-order chi connectivity index (χ1) is 14.1. The molecule has 3 heteroatoms. The van der Waals surface area contributed by atoms with Crippen molar-refractivity contribution in [3.8, 4) is 0 Å². The monoisotopic (exact) mass is 388 g/mol. The van der Waals surface area contributed by atoms with Crippen molar-refractivity contribution in [1.82, 2.24) is 10.6 Å². The molecule has 4 bridgehead atoms. The van der Waals surface area contributed by atoms with Crippen molar-refractivity contribution in [3.63, 3.8) is 0 Å². The Morgan fingerprint density at radius 2 is 1.28 bits per heavy atom. The Hall–Kier alpha value is -2.13. The fourth-order valence-corrected chi connectivity index (χ4v) is 6.63. The largest absolute Gasteiger partial charge is 0.349 e. The molecule has 3 nitrogen and oxygen atoms in total. The van der Waals surface area contributed by atoms with E-state index < -0.39 is 0 Å². The average molecular weight is 389 g/mol. The standard InChI is InChI=1S/C26H32N2O/c1-18(25(29)28-26-15-19-12-20(16-26)14-21(13-19)17-26)27-24(22-8-4-2-5-9-22)23-10-6-3-7-11-23/h2-11,18-21,24,27H,12-17H2,1H3,(H,28,29)/t18-,19?,20?,21?,26?/m0/s1. The Labute approximate surface area is 174 Å². The third-order valence-electron chi connectivity index (χ3n) is 7.50. The molecule has 2 N–H and O–H groups in total. The Balaban J connectivity index is 1.31. The number of amides is 1. The van der Waals surface area contributed by atoms with Crippen LogP contribution in [0, 0.1) is 17.8 Å². The van der Waals surface area contributed by atoms with E-state index in [4.69, 9.17) is 0 Å². The highest BCUT2D eigenvalue weighted by Crippen LogP contribution is 2.55. The van der Waals surface area contributed by atoms with Crippen LogP contribution < -0.4 is 10.6 Å². The van der Waals surface area contributed by atoms with Gasteiger partial charge in [-0.15, -0.1) is 0 Å². The van der Waals surface area contributed by atoms with Gasteiger partial charge in [-0.1, -0.05) is 60.7 Å². The van der Waals surface area contributed by atoms with Crippen molar-refractivity contribution in [3.05, 3.63) is 71.8 Å². The van der Waals surface area contributed by atoms with Gasteiger partial charge in [-0.2, -0.15) is 0 Å². The topological polar surface area (TPSA) is 41.1 Å². The lowest BCUT2D eigenvalue weighted by Gasteiger charge is -2.57. The minimum atomic E-state index is -0.242. The molecule has 1 amide bonds. The van der Waals surface area contributed by atoms with Crippen molar-refractivity contribution in [2.75, 3.05) is 0 Å². The van der Waals surface area contributed by atoms with Crippen molar-refractivity contribution >= 4 is 5.91 Å². The lowest BCUT2D eigenvalue weighted by Crippen LogP contribution is -2.62. The Morgan fingerprint density at radius 3 is 1.72 bits per heavy atom. The van der Waals surface area contributed by atoms with Gasteiger partial charge in [0.2, 0.25) is 5.91 Å². The first-order valence-corrected chi connectivity index (χ1v) is 11.3. The molecule has 0 unspecified atom stereocenters. The maximum atomic E-state index is 13.3. The molecule has 2 aromatic rings. The van der Waals surface area contributed by atoms with Crippen molar-refractivity contribution in [1.29, 1.82) is 0 Å². The SMILES string of the molecule is C[C@H](NC(c1ccccc1)c1ccccc1)C(=O)NC12CC3CC(CC(C3)C1)C2. The number of hydrogen-bond acceptors (Lipinski definition) is 2. The molecule has 4 aliphatic rings. The van der Waals surface area contributed by atoms with E-state index >= 15 is 0 Å². The van der Waals surface area contributed by atoms with Crippen LogP contribution in [0.15, 0.2) is 60.7 Å². The Kier molecular flexibility index (Phi) is 4.95. The summed E-state index contributed by atoms with van der Waals surface area (Å²) in [4.78, 5) is 13.3. The molecule has 0 saturated heterocycles. The van der Waals surface area contributed by atoms with Gasteiger partial charge in [-0.25, -0.2) is 0 Å². The molecular formula is C26H32N2O. The molecule has 1 atom stereocenters. The van der Waals surface area contributed by atoms with Gasteiger partial charge in [-0.05, 0) is 74.3 Å². The smallest absolute Gasteiger partial charge is 0.237 e. The number of carbonyl (C=O) groups is 1. The summed E-state index contributed by atoms with van der Waals surface area (Å²) in [6, 6.07) is 20.6. The second kappa shape index (κ2) is 7.60. The lowest BCUT2D eigenvalue weighted by molar-refractivity contribution is -0.128. The van der Waals surface area contributed by atoms with Gasteiger partial charge in [0.1, 0.15) is 0 Å². The number of nitrogens with one attached hydrogen (secondary N) is 2. The van der Waals surface area contributed by atoms with Gasteiger partial charge in [0.15, 0.2) is 0 Å². The normalized spacial score (nSPS) is 31.0. The number of hydrogen-bond donors (Lipinski definition) is 2. The second-order valence-electron chi connectivity index (χ2n) is 9.83. The highest BCUT2D eigenvalue weighted by Gasteiger charge is 2.51. The quantitative estimate of drug-likeness (QED) is 0.743. The van der Waals surface area contributed by atoms with Crippen molar-refractivity contribution < 1.29 is 4.79 Å². The Morgan fingerprint density at radius 1 is 0.828 bits per heavy atom. The third-order valence-corrected chi connectivity index (χ3v) is 7.50. The van der Waals surface area contributed by atoms with Crippen LogP contribution in [0.3, 0.4) is 0 Å². The predicted molar refractivity (Wildman–Crippen MR) is 116 cm³/mol. The van der Waals surface area contributed by atoms with E-state index in [0.29, 0.717) is 0 Å². The first-order valence-electron chi connectivity index (χ1n) is 11.3. The van der Waals surface area contributed by atoms with Crippen LogP contribution in [0.5, 0.6) is 0 Å². The summed E-state index contributed by atoms with van der Waals surface area (Å²) in [5.74, 6) is 2.67. The van der Waals surface area contributed by atoms with Crippen LogP contribution in [-0.4, -0.2) is 17.5 Å². The van der Waals surface area contributed by atoms with Crippen molar-refractivity contribution in [2.24, 2.45) is 17.8 Å². The first kappa shape index (κ1) is 18.9. The molecule has 0 heterocycles. The maximum Gasteiger partial charge on any atom is 0.237 e. The summed E-state index contributed by atoms with van der Waals surface area (Å²) in [6.45, 7) is 2.01. The van der Waals surface area contributed by atoms with E-state index in [2.05, 4.69) is 59.2 Å². The van der Waals surface area contributed by atoms with E-state index in [1.165, 1.54) is 49.7 Å². The molecule has 2 aromatic carbocycles. The zero-order valence-corrected chi connectivity index (χ0v) is 17.3. The minimum Gasteiger partial charge on any atom is -0.349 e. The summed E-state index contributed by atoms with van der Waals surface area (Å²) in [5.41, 5.74) is 2.44. The van der Waals surface area contributed by atoms with Gasteiger partial charge in [0, 0.05) is 5.54 Å². The summed E-state index contributed by atoms with van der Waals surface area (Å²) >= 11 is 0. The van der Waals surface area contributed by atoms with Crippen LogP contribution in [0.2, 0.25) is 0 Å². The van der Waals surface area contributed by atoms with Crippen LogP contribution in [0.1, 0.15) is 62.6 Å². The molecule has 4 aliphatic carbocycles. The summed E-state index contributed by atoms with van der Waals surface area (Å²) in [5, 5.41) is 7.15. The lowest BCUT2D eigenvalue weighted by atomic mass is 9.53.